The zero-order valence-corrected chi connectivity index (χ0v) is 17.1. The van der Waals surface area contributed by atoms with E-state index in [1.165, 1.54) is 17.0 Å². The lowest BCUT2D eigenvalue weighted by Crippen LogP contribution is -2.51. The molecule has 2 aromatic rings. The molecule has 4 rings (SSSR count). The molecule has 2 unspecified atom stereocenters. The topological polar surface area (TPSA) is 40.6 Å². The number of carbonyl (C=O) groups excluding carboxylic acids is 2. The summed E-state index contributed by atoms with van der Waals surface area (Å²) in [4.78, 5) is 30.2. The third kappa shape index (κ3) is 4.99. The molecule has 2 aromatic carbocycles. The Morgan fingerprint density at radius 2 is 1.59 bits per heavy atom. The monoisotopic (exact) mass is 412 g/mol. The summed E-state index contributed by atoms with van der Waals surface area (Å²) in [6.07, 6.45) is 1.35. The predicted molar refractivity (Wildman–Crippen MR) is 112 cm³/mol. The first-order chi connectivity index (χ1) is 14.1. The highest BCUT2D eigenvalue weighted by molar-refractivity contribution is 7.99. The molecular weight excluding hydrogens is 387 g/mol. The first-order valence-corrected chi connectivity index (χ1v) is 11.1. The Hall–Kier alpha value is -2.34. The molecule has 1 aliphatic heterocycles. The maximum Gasteiger partial charge on any atom is 0.226 e. The van der Waals surface area contributed by atoms with Crippen LogP contribution < -0.4 is 0 Å². The lowest BCUT2D eigenvalue weighted by atomic mass is 10.1. The first-order valence-electron chi connectivity index (χ1n) is 10.1. The van der Waals surface area contributed by atoms with Crippen molar-refractivity contribution in [2.24, 2.45) is 5.92 Å². The van der Waals surface area contributed by atoms with Crippen LogP contribution in [0.15, 0.2) is 59.5 Å². The largest absolute Gasteiger partial charge is 0.339 e. The summed E-state index contributed by atoms with van der Waals surface area (Å²) >= 11 is 1.69. The van der Waals surface area contributed by atoms with Gasteiger partial charge in [-0.05, 0) is 42.2 Å². The van der Waals surface area contributed by atoms with Crippen molar-refractivity contribution in [2.45, 2.75) is 23.7 Å². The average Bonchev–Trinajstić information content (AvgIpc) is 3.55. The van der Waals surface area contributed by atoms with Crippen molar-refractivity contribution in [3.63, 3.8) is 0 Å². The van der Waals surface area contributed by atoms with E-state index in [0.29, 0.717) is 32.6 Å². The first kappa shape index (κ1) is 20.0. The molecule has 0 aromatic heterocycles. The summed E-state index contributed by atoms with van der Waals surface area (Å²) in [5.74, 6) is 1.06. The number of carbonyl (C=O) groups is 2. The highest BCUT2D eigenvalue weighted by Gasteiger charge is 2.46. The molecule has 0 bridgehead atoms. The summed E-state index contributed by atoms with van der Waals surface area (Å²) in [5, 5.41) is 0. The normalized spacial score (nSPS) is 21.1. The fraction of sp³-hybridized carbons (Fsp3) is 0.391. The number of hydrogen-bond acceptors (Lipinski definition) is 3. The van der Waals surface area contributed by atoms with Gasteiger partial charge in [-0.1, -0.05) is 30.3 Å². The van der Waals surface area contributed by atoms with Crippen molar-refractivity contribution in [3.05, 3.63) is 66.0 Å². The number of nitrogens with zero attached hydrogens (tertiary/aromatic N) is 2. The number of benzene rings is 2. The van der Waals surface area contributed by atoms with Gasteiger partial charge >= 0.3 is 0 Å². The second-order valence-electron chi connectivity index (χ2n) is 7.62. The summed E-state index contributed by atoms with van der Waals surface area (Å²) in [7, 11) is 0. The van der Waals surface area contributed by atoms with Crippen LogP contribution in [-0.2, 0) is 9.59 Å². The van der Waals surface area contributed by atoms with Crippen LogP contribution in [-0.4, -0.2) is 53.5 Å². The van der Waals surface area contributed by atoms with Gasteiger partial charge in [0, 0.05) is 49.2 Å². The molecule has 152 valence electrons. The van der Waals surface area contributed by atoms with Crippen LogP contribution in [0.3, 0.4) is 0 Å². The van der Waals surface area contributed by atoms with Crippen molar-refractivity contribution in [1.29, 1.82) is 0 Å². The quantitative estimate of drug-likeness (QED) is 0.678. The van der Waals surface area contributed by atoms with Crippen molar-refractivity contribution >= 4 is 23.6 Å². The Balaban J connectivity index is 1.19. The van der Waals surface area contributed by atoms with Crippen LogP contribution in [0.4, 0.5) is 4.39 Å². The third-order valence-corrected chi connectivity index (χ3v) is 6.69. The number of thioether (sulfide) groups is 1. The summed E-state index contributed by atoms with van der Waals surface area (Å²) < 4.78 is 13.1. The zero-order chi connectivity index (χ0) is 20.2. The van der Waals surface area contributed by atoms with Gasteiger partial charge in [-0.2, -0.15) is 0 Å². The SMILES string of the molecule is O=C(CCSc1ccccc1)N1CCN(C(=O)C2CC2c2ccc(F)cc2)CC1. The molecule has 6 heteroatoms. The van der Waals surface area contributed by atoms with Crippen LogP contribution >= 0.6 is 11.8 Å². The van der Waals surface area contributed by atoms with Gasteiger partial charge < -0.3 is 9.80 Å². The van der Waals surface area contributed by atoms with Gasteiger partial charge in [0.1, 0.15) is 5.82 Å². The Morgan fingerprint density at radius 1 is 0.931 bits per heavy atom. The van der Waals surface area contributed by atoms with Gasteiger partial charge in [-0.25, -0.2) is 4.39 Å². The van der Waals surface area contributed by atoms with E-state index in [9.17, 15) is 14.0 Å². The zero-order valence-electron chi connectivity index (χ0n) is 16.3. The smallest absolute Gasteiger partial charge is 0.226 e. The van der Waals surface area contributed by atoms with Crippen LogP contribution in [0.1, 0.15) is 24.3 Å². The van der Waals surface area contributed by atoms with Gasteiger partial charge in [-0.3, -0.25) is 9.59 Å². The van der Waals surface area contributed by atoms with E-state index >= 15 is 0 Å². The minimum Gasteiger partial charge on any atom is -0.339 e. The number of rotatable bonds is 6. The molecule has 1 heterocycles. The van der Waals surface area contributed by atoms with Gasteiger partial charge in [-0.15, -0.1) is 11.8 Å². The van der Waals surface area contributed by atoms with Crippen molar-refractivity contribution < 1.29 is 14.0 Å². The molecule has 0 spiro atoms. The van der Waals surface area contributed by atoms with E-state index in [-0.39, 0.29) is 29.5 Å². The molecule has 2 fully saturated rings. The molecule has 2 aliphatic rings. The minimum absolute atomic E-state index is 0.00462. The Morgan fingerprint density at radius 3 is 2.28 bits per heavy atom. The number of amides is 2. The van der Waals surface area contributed by atoms with Gasteiger partial charge in [0.25, 0.3) is 0 Å². The Kier molecular flexibility index (Phi) is 6.19. The second-order valence-corrected chi connectivity index (χ2v) is 8.79. The van der Waals surface area contributed by atoms with Crippen molar-refractivity contribution in [1.82, 2.24) is 9.80 Å². The van der Waals surface area contributed by atoms with Crippen LogP contribution in [0, 0.1) is 11.7 Å². The molecule has 1 saturated heterocycles. The van der Waals surface area contributed by atoms with E-state index in [2.05, 4.69) is 12.1 Å². The number of halogens is 1. The van der Waals surface area contributed by atoms with Gasteiger partial charge in [0.15, 0.2) is 0 Å². The highest BCUT2D eigenvalue weighted by atomic mass is 32.2. The predicted octanol–water partition coefficient (Wildman–Crippen LogP) is 3.78. The molecule has 4 nitrogen and oxygen atoms in total. The van der Waals surface area contributed by atoms with E-state index in [1.807, 2.05) is 28.0 Å². The highest BCUT2D eigenvalue weighted by Crippen LogP contribution is 2.48. The third-order valence-electron chi connectivity index (χ3n) is 5.68. The Labute approximate surface area is 175 Å². The van der Waals surface area contributed by atoms with Crippen LogP contribution in [0.5, 0.6) is 0 Å². The second kappa shape index (κ2) is 8.99. The standard InChI is InChI=1S/C23H25FN2O2S/c24-18-8-6-17(7-9-18)20-16-21(20)23(28)26-13-11-25(12-14-26)22(27)10-15-29-19-4-2-1-3-5-19/h1-9,20-21H,10-16H2. The van der Waals surface area contributed by atoms with Crippen LogP contribution in [0.2, 0.25) is 0 Å². The van der Waals surface area contributed by atoms with E-state index < -0.39 is 0 Å². The maximum absolute atomic E-state index is 13.1. The van der Waals surface area contributed by atoms with Gasteiger partial charge in [0.05, 0.1) is 0 Å². The van der Waals surface area contributed by atoms with E-state index in [0.717, 1.165) is 17.7 Å². The number of piperazine rings is 1. The maximum atomic E-state index is 13.1. The van der Waals surface area contributed by atoms with E-state index in [1.54, 1.807) is 23.9 Å². The fourth-order valence-electron chi connectivity index (χ4n) is 3.89. The molecule has 1 saturated carbocycles. The Bertz CT molecular complexity index is 851. The molecule has 1 aliphatic carbocycles. The molecule has 2 atom stereocenters. The summed E-state index contributed by atoms with van der Waals surface area (Å²) in [5.41, 5.74) is 1.04. The molecule has 2 amide bonds. The number of hydrogen-bond donors (Lipinski definition) is 0. The van der Waals surface area contributed by atoms with Crippen molar-refractivity contribution in [3.8, 4) is 0 Å². The minimum atomic E-state index is -0.250. The van der Waals surface area contributed by atoms with E-state index in [4.69, 9.17) is 0 Å². The summed E-state index contributed by atoms with van der Waals surface area (Å²) in [6, 6.07) is 16.6. The lowest BCUT2D eigenvalue weighted by molar-refractivity contribution is -0.140. The van der Waals surface area contributed by atoms with Crippen LogP contribution in [0.25, 0.3) is 0 Å². The molecule has 0 radical (unpaired) electrons. The fourth-order valence-corrected chi connectivity index (χ4v) is 4.75. The van der Waals surface area contributed by atoms with Crippen molar-refractivity contribution in [2.75, 3.05) is 31.9 Å². The van der Waals surface area contributed by atoms with Gasteiger partial charge in [0.2, 0.25) is 11.8 Å². The lowest BCUT2D eigenvalue weighted by Gasteiger charge is -2.35. The average molecular weight is 413 g/mol. The molecular formula is C23H25FN2O2S. The summed E-state index contributed by atoms with van der Waals surface area (Å²) in [6.45, 7) is 2.41. The molecule has 0 N–H and O–H groups in total. The molecule has 29 heavy (non-hydrogen) atoms.